The molecule has 1 saturated heterocycles. The van der Waals surface area contributed by atoms with Gasteiger partial charge in [-0.1, -0.05) is 13.8 Å². The molecule has 4 saturated carbocycles. The predicted molar refractivity (Wildman–Crippen MR) is 85.5 cm³/mol. The SMILES string of the molecule is CC1CCC2C3CCC4CC(=O)CCC4(C)C3CC3OC(=O)C132. The van der Waals surface area contributed by atoms with Crippen molar-refractivity contribution >= 4 is 11.8 Å². The average molecular weight is 316 g/mol. The van der Waals surface area contributed by atoms with Crippen LogP contribution < -0.4 is 0 Å². The Kier molecular flexibility index (Phi) is 2.77. The summed E-state index contributed by atoms with van der Waals surface area (Å²) in [5, 5.41) is 0. The lowest BCUT2D eigenvalue weighted by molar-refractivity contribution is -0.255. The zero-order chi connectivity index (χ0) is 16.0. The minimum Gasteiger partial charge on any atom is -0.461 e. The number of ether oxygens (including phenoxy) is 1. The van der Waals surface area contributed by atoms with Crippen LogP contribution in [0.15, 0.2) is 0 Å². The van der Waals surface area contributed by atoms with E-state index in [4.69, 9.17) is 4.74 Å². The first kappa shape index (κ1) is 14.5. The molecule has 0 aromatic heterocycles. The fraction of sp³-hybridized carbons (Fsp3) is 0.900. The first-order valence-electron chi connectivity index (χ1n) is 9.70. The third-order valence-corrected chi connectivity index (χ3v) is 9.02. The van der Waals surface area contributed by atoms with Crippen molar-refractivity contribution in [1.82, 2.24) is 0 Å². The molecule has 1 aliphatic heterocycles. The molecule has 0 aromatic carbocycles. The maximum Gasteiger partial charge on any atom is 0.316 e. The molecule has 23 heavy (non-hydrogen) atoms. The van der Waals surface area contributed by atoms with Crippen LogP contribution in [0.25, 0.3) is 0 Å². The third kappa shape index (κ3) is 1.53. The van der Waals surface area contributed by atoms with Gasteiger partial charge < -0.3 is 4.74 Å². The molecule has 0 radical (unpaired) electrons. The van der Waals surface area contributed by atoms with Gasteiger partial charge in [0.15, 0.2) is 0 Å². The Hall–Kier alpha value is -0.860. The van der Waals surface area contributed by atoms with Crippen LogP contribution in [-0.4, -0.2) is 17.9 Å². The molecule has 126 valence electrons. The van der Waals surface area contributed by atoms with E-state index < -0.39 is 0 Å². The normalized spacial score (nSPS) is 57.5. The van der Waals surface area contributed by atoms with E-state index in [-0.39, 0.29) is 17.5 Å². The molecule has 0 N–H and O–H groups in total. The molecule has 0 bridgehead atoms. The second-order valence-electron chi connectivity index (χ2n) is 9.44. The molecule has 8 atom stereocenters. The topological polar surface area (TPSA) is 43.4 Å². The van der Waals surface area contributed by atoms with E-state index >= 15 is 0 Å². The van der Waals surface area contributed by atoms with Crippen molar-refractivity contribution in [3.05, 3.63) is 0 Å². The minimum absolute atomic E-state index is 0.113. The van der Waals surface area contributed by atoms with E-state index in [9.17, 15) is 9.59 Å². The monoisotopic (exact) mass is 316 g/mol. The highest BCUT2D eigenvalue weighted by molar-refractivity contribution is 5.85. The Morgan fingerprint density at radius 3 is 2.70 bits per heavy atom. The fourth-order valence-electron chi connectivity index (χ4n) is 7.78. The van der Waals surface area contributed by atoms with Gasteiger partial charge in [0.2, 0.25) is 0 Å². The zero-order valence-corrected chi connectivity index (χ0v) is 14.3. The highest BCUT2D eigenvalue weighted by Gasteiger charge is 2.73. The number of Topliss-reactive ketones (excluding diaryl/α,β-unsaturated/α-hetero) is 1. The molecule has 5 aliphatic rings. The van der Waals surface area contributed by atoms with Crippen LogP contribution in [0.2, 0.25) is 0 Å². The molecule has 0 amide bonds. The van der Waals surface area contributed by atoms with E-state index in [1.54, 1.807) is 0 Å². The summed E-state index contributed by atoms with van der Waals surface area (Å²) in [6, 6.07) is 0. The van der Waals surface area contributed by atoms with Crippen molar-refractivity contribution in [2.45, 2.75) is 71.3 Å². The zero-order valence-electron chi connectivity index (χ0n) is 14.3. The van der Waals surface area contributed by atoms with Crippen LogP contribution >= 0.6 is 0 Å². The van der Waals surface area contributed by atoms with Gasteiger partial charge in [-0.15, -0.1) is 0 Å². The van der Waals surface area contributed by atoms with Gasteiger partial charge in [-0.3, -0.25) is 9.59 Å². The van der Waals surface area contributed by atoms with Crippen molar-refractivity contribution in [3.8, 4) is 0 Å². The van der Waals surface area contributed by atoms with E-state index in [1.165, 1.54) is 25.7 Å². The van der Waals surface area contributed by atoms with E-state index in [2.05, 4.69) is 13.8 Å². The molecule has 8 unspecified atom stereocenters. The average Bonchev–Trinajstić information content (AvgIpc) is 2.89. The van der Waals surface area contributed by atoms with Gasteiger partial charge in [0.05, 0.1) is 0 Å². The number of rotatable bonds is 0. The number of carbonyl (C=O) groups excluding carboxylic acids is 2. The molecular formula is C20H28O3. The van der Waals surface area contributed by atoms with Crippen molar-refractivity contribution in [2.75, 3.05) is 0 Å². The van der Waals surface area contributed by atoms with E-state index in [1.807, 2.05) is 0 Å². The number of esters is 1. The Bertz CT molecular complexity index is 583. The maximum atomic E-state index is 12.5. The first-order chi connectivity index (χ1) is 11.0. The molecule has 5 rings (SSSR count). The molecule has 1 spiro atoms. The van der Waals surface area contributed by atoms with Gasteiger partial charge in [0.25, 0.3) is 0 Å². The molecule has 0 aromatic rings. The smallest absolute Gasteiger partial charge is 0.316 e. The Balaban J connectivity index is 1.53. The second kappa shape index (κ2) is 4.40. The molecule has 5 fully saturated rings. The Labute approximate surface area is 138 Å². The van der Waals surface area contributed by atoms with Crippen LogP contribution in [0, 0.1) is 40.4 Å². The largest absolute Gasteiger partial charge is 0.461 e. The number of fused-ring (bicyclic) bond motifs is 4. The quantitative estimate of drug-likeness (QED) is 0.639. The van der Waals surface area contributed by atoms with Gasteiger partial charge in [0.1, 0.15) is 17.3 Å². The summed E-state index contributed by atoms with van der Waals surface area (Å²) in [4.78, 5) is 24.4. The number of hydrogen-bond acceptors (Lipinski definition) is 3. The second-order valence-corrected chi connectivity index (χ2v) is 9.44. The molecule has 3 nitrogen and oxygen atoms in total. The van der Waals surface area contributed by atoms with E-state index in [0.717, 1.165) is 25.7 Å². The lowest BCUT2D eigenvalue weighted by atomic mass is 9.43. The molecule has 4 aliphatic carbocycles. The summed E-state index contributed by atoms with van der Waals surface area (Å²) in [5.74, 6) is 3.57. The number of carbonyl (C=O) groups is 2. The van der Waals surface area contributed by atoms with Gasteiger partial charge in [-0.25, -0.2) is 0 Å². The number of ketones is 1. The summed E-state index contributed by atoms with van der Waals surface area (Å²) in [5.41, 5.74) is 0.172. The first-order valence-corrected chi connectivity index (χ1v) is 9.70. The molecule has 1 heterocycles. The lowest BCUT2D eigenvalue weighted by Gasteiger charge is -2.64. The maximum absolute atomic E-state index is 12.5. The standard InChI is InChI=1S/C20H28O3/c1-11-3-6-15-14-5-4-12-9-13(21)7-8-19(12,2)16(14)10-17-20(11,15)18(22)23-17/h11-12,14-17H,3-10H2,1-2H3. The highest BCUT2D eigenvalue weighted by Crippen LogP contribution is 2.70. The minimum atomic E-state index is -0.130. The van der Waals surface area contributed by atoms with Crippen molar-refractivity contribution in [1.29, 1.82) is 0 Å². The van der Waals surface area contributed by atoms with Crippen LogP contribution in [-0.2, 0) is 14.3 Å². The number of hydrogen-bond donors (Lipinski definition) is 0. The summed E-state index contributed by atoms with van der Waals surface area (Å²) in [6.45, 7) is 4.73. The van der Waals surface area contributed by atoms with Crippen LogP contribution in [0.4, 0.5) is 0 Å². The predicted octanol–water partition coefficient (Wildman–Crippen LogP) is 3.75. The van der Waals surface area contributed by atoms with Crippen molar-refractivity contribution in [2.24, 2.45) is 40.4 Å². The van der Waals surface area contributed by atoms with Gasteiger partial charge in [-0.05, 0) is 73.5 Å². The van der Waals surface area contributed by atoms with Crippen LogP contribution in [0.1, 0.15) is 65.2 Å². The van der Waals surface area contributed by atoms with Gasteiger partial charge in [0, 0.05) is 12.8 Å². The summed E-state index contributed by atoms with van der Waals surface area (Å²) in [7, 11) is 0. The molecule has 3 heteroatoms. The van der Waals surface area contributed by atoms with Crippen LogP contribution in [0.5, 0.6) is 0 Å². The lowest BCUT2D eigenvalue weighted by Crippen LogP contribution is -2.68. The van der Waals surface area contributed by atoms with Gasteiger partial charge >= 0.3 is 5.97 Å². The summed E-state index contributed by atoms with van der Waals surface area (Å²) >= 11 is 0. The third-order valence-electron chi connectivity index (χ3n) is 9.02. The Morgan fingerprint density at radius 2 is 1.91 bits per heavy atom. The van der Waals surface area contributed by atoms with E-state index in [0.29, 0.717) is 40.8 Å². The van der Waals surface area contributed by atoms with Gasteiger partial charge in [-0.2, -0.15) is 0 Å². The Morgan fingerprint density at radius 1 is 1.09 bits per heavy atom. The van der Waals surface area contributed by atoms with Crippen LogP contribution in [0.3, 0.4) is 0 Å². The highest BCUT2D eigenvalue weighted by atomic mass is 16.6. The van der Waals surface area contributed by atoms with Crippen molar-refractivity contribution in [3.63, 3.8) is 0 Å². The summed E-state index contributed by atoms with van der Waals surface area (Å²) in [6.07, 6.45) is 8.72. The summed E-state index contributed by atoms with van der Waals surface area (Å²) < 4.78 is 5.71. The fourth-order valence-corrected chi connectivity index (χ4v) is 7.78. The molecular weight excluding hydrogens is 288 g/mol. The van der Waals surface area contributed by atoms with Crippen molar-refractivity contribution < 1.29 is 14.3 Å².